The average Bonchev–Trinajstić information content (AvgIpc) is 2.73. The first-order valence-corrected chi connectivity index (χ1v) is 9.22. The van der Waals surface area contributed by atoms with Gasteiger partial charge in [0, 0.05) is 30.6 Å². The van der Waals surface area contributed by atoms with Crippen LogP contribution in [0, 0.1) is 5.92 Å². The molecule has 0 unspecified atom stereocenters. The summed E-state index contributed by atoms with van der Waals surface area (Å²) in [5, 5.41) is 3.82. The van der Waals surface area contributed by atoms with Crippen LogP contribution in [-0.4, -0.2) is 33.9 Å². The molecule has 0 spiro atoms. The number of hydrogen-bond donors (Lipinski definition) is 1. The molecule has 29 heavy (non-hydrogen) atoms. The second kappa shape index (κ2) is 7.65. The molecule has 6 nitrogen and oxygen atoms in total. The van der Waals surface area contributed by atoms with Crippen LogP contribution < -0.4 is 10.2 Å². The number of hydrogen-bond acceptors (Lipinski definition) is 5. The topological polar surface area (TPSA) is 71.0 Å². The normalized spacial score (nSPS) is 15.5. The third kappa shape index (κ3) is 4.28. The lowest BCUT2D eigenvalue weighted by molar-refractivity contribution is -0.141. The smallest absolute Gasteiger partial charge is 0.341 e. The maximum Gasteiger partial charge on any atom is 0.433 e. The van der Waals surface area contributed by atoms with Crippen molar-refractivity contribution >= 4 is 28.6 Å². The third-order valence-corrected chi connectivity index (χ3v) is 4.93. The first-order chi connectivity index (χ1) is 13.9. The van der Waals surface area contributed by atoms with Crippen molar-refractivity contribution in [1.29, 1.82) is 0 Å². The number of nitrogens with zero attached hydrogens (tertiary/aromatic N) is 4. The minimum atomic E-state index is -4.51. The zero-order valence-electron chi connectivity index (χ0n) is 15.4. The van der Waals surface area contributed by atoms with Crippen LogP contribution in [0.15, 0.2) is 48.7 Å². The summed E-state index contributed by atoms with van der Waals surface area (Å²) in [6, 6.07) is 12.1. The van der Waals surface area contributed by atoms with Crippen molar-refractivity contribution in [1.82, 2.24) is 15.0 Å². The highest BCUT2D eigenvalue weighted by Crippen LogP contribution is 2.29. The molecule has 1 fully saturated rings. The van der Waals surface area contributed by atoms with E-state index < -0.39 is 11.9 Å². The fraction of sp³-hybridized carbons (Fsp3) is 0.300. The van der Waals surface area contributed by atoms with E-state index in [1.165, 1.54) is 0 Å². The number of carbonyl (C=O) groups excluding carboxylic acids is 1. The Morgan fingerprint density at radius 2 is 1.79 bits per heavy atom. The van der Waals surface area contributed by atoms with E-state index in [1.807, 2.05) is 30.3 Å². The van der Waals surface area contributed by atoms with Crippen molar-refractivity contribution in [2.75, 3.05) is 23.3 Å². The molecule has 1 amide bonds. The van der Waals surface area contributed by atoms with Crippen LogP contribution in [0.2, 0.25) is 0 Å². The highest BCUT2D eigenvalue weighted by Gasteiger charge is 2.34. The average molecular weight is 401 g/mol. The minimum Gasteiger partial charge on any atom is -0.341 e. The Labute approximate surface area is 164 Å². The van der Waals surface area contributed by atoms with Gasteiger partial charge in [0.05, 0.1) is 5.52 Å². The van der Waals surface area contributed by atoms with E-state index in [4.69, 9.17) is 0 Å². The summed E-state index contributed by atoms with van der Waals surface area (Å²) in [5.41, 5.74) is -0.174. The molecule has 1 aromatic carbocycles. The van der Waals surface area contributed by atoms with Crippen molar-refractivity contribution in [3.8, 4) is 0 Å². The van der Waals surface area contributed by atoms with E-state index in [2.05, 4.69) is 20.3 Å². The number of pyridine rings is 1. The predicted molar refractivity (Wildman–Crippen MR) is 102 cm³/mol. The van der Waals surface area contributed by atoms with E-state index >= 15 is 0 Å². The number of benzene rings is 1. The highest BCUT2D eigenvalue weighted by atomic mass is 19.4. The molecule has 1 N–H and O–H groups in total. The molecule has 9 heteroatoms. The highest BCUT2D eigenvalue weighted by molar-refractivity contribution is 5.93. The molecule has 0 radical (unpaired) electrons. The number of carbonyl (C=O) groups is 1. The van der Waals surface area contributed by atoms with Crippen LogP contribution in [0.5, 0.6) is 0 Å². The quantitative estimate of drug-likeness (QED) is 0.721. The molecular formula is C20H18F3N5O. The monoisotopic (exact) mass is 401 g/mol. The summed E-state index contributed by atoms with van der Waals surface area (Å²) in [6.07, 6.45) is -2.41. The van der Waals surface area contributed by atoms with Crippen molar-refractivity contribution < 1.29 is 18.0 Å². The lowest BCUT2D eigenvalue weighted by Crippen LogP contribution is -2.39. The third-order valence-electron chi connectivity index (χ3n) is 4.93. The second-order valence-corrected chi connectivity index (χ2v) is 6.88. The molecule has 0 bridgehead atoms. The van der Waals surface area contributed by atoms with Gasteiger partial charge in [-0.1, -0.05) is 18.2 Å². The summed E-state index contributed by atoms with van der Waals surface area (Å²) in [4.78, 5) is 26.3. The van der Waals surface area contributed by atoms with Crippen LogP contribution in [0.25, 0.3) is 10.9 Å². The Bertz CT molecular complexity index is 1030. The molecule has 3 aromatic rings. The van der Waals surface area contributed by atoms with Gasteiger partial charge in [-0.15, -0.1) is 0 Å². The van der Waals surface area contributed by atoms with E-state index in [-0.39, 0.29) is 17.8 Å². The fourth-order valence-electron chi connectivity index (χ4n) is 3.36. The molecule has 0 saturated carbocycles. The molecule has 3 heterocycles. The van der Waals surface area contributed by atoms with Gasteiger partial charge in [-0.2, -0.15) is 13.2 Å². The summed E-state index contributed by atoms with van der Waals surface area (Å²) in [6.45, 7) is 0.815. The number of anilines is 2. The van der Waals surface area contributed by atoms with Gasteiger partial charge in [-0.25, -0.2) is 15.0 Å². The Balaban J connectivity index is 1.38. The Morgan fingerprint density at radius 3 is 2.55 bits per heavy atom. The van der Waals surface area contributed by atoms with E-state index in [0.29, 0.717) is 31.7 Å². The Hall–Kier alpha value is -3.23. The van der Waals surface area contributed by atoms with Gasteiger partial charge in [-0.3, -0.25) is 4.79 Å². The number of para-hydroxylation sites is 1. The molecule has 1 saturated heterocycles. The van der Waals surface area contributed by atoms with Crippen molar-refractivity contribution in [3.05, 3.63) is 54.4 Å². The maximum atomic E-state index is 12.8. The minimum absolute atomic E-state index is 0.0369. The molecule has 150 valence electrons. The van der Waals surface area contributed by atoms with Crippen LogP contribution in [-0.2, 0) is 11.0 Å². The zero-order chi connectivity index (χ0) is 20.4. The number of amides is 1. The first-order valence-electron chi connectivity index (χ1n) is 9.22. The van der Waals surface area contributed by atoms with Gasteiger partial charge in [0.1, 0.15) is 11.5 Å². The van der Waals surface area contributed by atoms with Crippen molar-refractivity contribution in [2.24, 2.45) is 5.92 Å². The number of alkyl halides is 3. The molecule has 1 aliphatic heterocycles. The number of halogens is 3. The van der Waals surface area contributed by atoms with Gasteiger partial charge < -0.3 is 10.2 Å². The van der Waals surface area contributed by atoms with Gasteiger partial charge in [0.2, 0.25) is 11.9 Å². The summed E-state index contributed by atoms with van der Waals surface area (Å²) in [5.74, 6) is 0.134. The summed E-state index contributed by atoms with van der Waals surface area (Å²) < 4.78 is 38.5. The van der Waals surface area contributed by atoms with Crippen LogP contribution in [0.1, 0.15) is 18.5 Å². The summed E-state index contributed by atoms with van der Waals surface area (Å²) in [7, 11) is 0. The standard InChI is InChI=1S/C20H18F3N5O/c21-20(22,23)16-7-10-24-19(26-16)28-11-8-14(9-12-28)18(29)27-17-6-5-13-3-1-2-4-15(13)25-17/h1-7,10,14H,8-9,11-12H2,(H,25,27,29). The lowest BCUT2D eigenvalue weighted by Gasteiger charge is -2.31. The van der Waals surface area contributed by atoms with E-state index in [0.717, 1.165) is 23.2 Å². The lowest BCUT2D eigenvalue weighted by atomic mass is 9.96. The Morgan fingerprint density at radius 1 is 1.03 bits per heavy atom. The molecule has 2 aromatic heterocycles. The van der Waals surface area contributed by atoms with Gasteiger partial charge in [0.25, 0.3) is 0 Å². The van der Waals surface area contributed by atoms with E-state index in [9.17, 15) is 18.0 Å². The number of fused-ring (bicyclic) bond motifs is 1. The van der Waals surface area contributed by atoms with Crippen molar-refractivity contribution in [3.63, 3.8) is 0 Å². The molecule has 1 aliphatic rings. The van der Waals surface area contributed by atoms with E-state index in [1.54, 1.807) is 11.0 Å². The molecule has 4 rings (SSSR count). The van der Waals surface area contributed by atoms with Gasteiger partial charge in [-0.05, 0) is 37.1 Å². The SMILES string of the molecule is O=C(Nc1ccc2ccccc2n1)C1CCN(c2nccc(C(F)(F)F)n2)CC1. The van der Waals surface area contributed by atoms with Crippen LogP contribution in [0.3, 0.4) is 0 Å². The largest absolute Gasteiger partial charge is 0.433 e. The molecule has 0 atom stereocenters. The predicted octanol–water partition coefficient (Wildman–Crippen LogP) is 3.90. The summed E-state index contributed by atoms with van der Waals surface area (Å²) >= 11 is 0. The van der Waals surface area contributed by atoms with Crippen LogP contribution in [0.4, 0.5) is 24.9 Å². The van der Waals surface area contributed by atoms with Gasteiger partial charge >= 0.3 is 6.18 Å². The number of nitrogens with one attached hydrogen (secondary N) is 1. The Kier molecular flexibility index (Phi) is 5.04. The molecule has 0 aliphatic carbocycles. The van der Waals surface area contributed by atoms with Gasteiger partial charge in [0.15, 0.2) is 0 Å². The first kappa shape index (κ1) is 19.1. The maximum absolute atomic E-state index is 12.8. The molecular weight excluding hydrogens is 383 g/mol. The van der Waals surface area contributed by atoms with Crippen LogP contribution >= 0.6 is 0 Å². The zero-order valence-corrected chi connectivity index (χ0v) is 15.4. The fourth-order valence-corrected chi connectivity index (χ4v) is 3.36. The second-order valence-electron chi connectivity index (χ2n) is 6.88. The number of aromatic nitrogens is 3. The number of piperidine rings is 1. The number of rotatable bonds is 3. The van der Waals surface area contributed by atoms with Crippen molar-refractivity contribution in [2.45, 2.75) is 19.0 Å².